The molecule has 1 saturated heterocycles. The summed E-state index contributed by atoms with van der Waals surface area (Å²) in [6.07, 6.45) is -3.33. The maximum absolute atomic E-state index is 12.3. The Morgan fingerprint density at radius 3 is 2.47 bits per heavy atom. The van der Waals surface area contributed by atoms with E-state index in [4.69, 9.17) is 5.73 Å². The van der Waals surface area contributed by atoms with Gasteiger partial charge in [0.25, 0.3) is 0 Å². The Labute approximate surface area is 108 Å². The SMILES string of the molecule is N[C@@H]1CCN(S(=O)(=O)c2ccc(C(F)(F)F)nc2)C1. The summed E-state index contributed by atoms with van der Waals surface area (Å²) in [5, 5.41) is 0. The maximum Gasteiger partial charge on any atom is 0.433 e. The molecule has 2 N–H and O–H groups in total. The largest absolute Gasteiger partial charge is 0.433 e. The fourth-order valence-corrected chi connectivity index (χ4v) is 3.28. The summed E-state index contributed by atoms with van der Waals surface area (Å²) in [6, 6.07) is 1.33. The number of hydrogen-bond donors (Lipinski definition) is 1. The van der Waals surface area contributed by atoms with Gasteiger partial charge in [-0.3, -0.25) is 4.98 Å². The minimum atomic E-state index is -4.59. The number of sulfonamides is 1. The highest BCUT2D eigenvalue weighted by Crippen LogP contribution is 2.28. The number of halogens is 3. The molecule has 106 valence electrons. The highest BCUT2D eigenvalue weighted by atomic mass is 32.2. The van der Waals surface area contributed by atoms with Crippen LogP contribution in [-0.2, 0) is 16.2 Å². The smallest absolute Gasteiger partial charge is 0.326 e. The van der Waals surface area contributed by atoms with E-state index >= 15 is 0 Å². The second-order valence-electron chi connectivity index (χ2n) is 4.29. The van der Waals surface area contributed by atoms with Crippen LogP contribution in [0.5, 0.6) is 0 Å². The fraction of sp³-hybridized carbons (Fsp3) is 0.500. The number of pyridine rings is 1. The molecular weight excluding hydrogens is 283 g/mol. The summed E-state index contributed by atoms with van der Waals surface area (Å²) < 4.78 is 62.3. The van der Waals surface area contributed by atoms with Gasteiger partial charge in [-0.25, -0.2) is 8.42 Å². The lowest BCUT2D eigenvalue weighted by Crippen LogP contribution is -2.32. The molecule has 1 aliphatic rings. The van der Waals surface area contributed by atoms with Gasteiger partial charge < -0.3 is 5.73 Å². The summed E-state index contributed by atoms with van der Waals surface area (Å²) in [6.45, 7) is 0.438. The van der Waals surface area contributed by atoms with Crippen LogP contribution in [0.15, 0.2) is 23.2 Å². The highest BCUT2D eigenvalue weighted by Gasteiger charge is 2.34. The first-order valence-corrected chi connectivity index (χ1v) is 6.94. The van der Waals surface area contributed by atoms with E-state index in [1.165, 1.54) is 0 Å². The predicted molar refractivity (Wildman–Crippen MR) is 60.6 cm³/mol. The van der Waals surface area contributed by atoms with Gasteiger partial charge in [0.2, 0.25) is 10.0 Å². The number of aromatic nitrogens is 1. The molecular formula is C10H12F3N3O2S. The van der Waals surface area contributed by atoms with Crippen molar-refractivity contribution in [2.24, 2.45) is 5.73 Å². The van der Waals surface area contributed by atoms with Gasteiger partial charge in [-0.2, -0.15) is 17.5 Å². The van der Waals surface area contributed by atoms with E-state index < -0.39 is 21.9 Å². The van der Waals surface area contributed by atoms with E-state index in [0.29, 0.717) is 12.5 Å². The fourth-order valence-electron chi connectivity index (χ4n) is 1.82. The molecule has 0 spiro atoms. The van der Waals surface area contributed by atoms with E-state index in [1.54, 1.807) is 0 Å². The lowest BCUT2D eigenvalue weighted by atomic mass is 10.3. The van der Waals surface area contributed by atoms with Gasteiger partial charge in [-0.1, -0.05) is 0 Å². The van der Waals surface area contributed by atoms with Crippen molar-refractivity contribution in [2.45, 2.75) is 23.5 Å². The molecule has 0 unspecified atom stereocenters. The van der Waals surface area contributed by atoms with Crippen molar-refractivity contribution in [1.29, 1.82) is 0 Å². The predicted octanol–water partition coefficient (Wildman–Crippen LogP) is 0.822. The molecule has 1 fully saturated rings. The summed E-state index contributed by atoms with van der Waals surface area (Å²) in [5.74, 6) is 0. The summed E-state index contributed by atoms with van der Waals surface area (Å²) in [7, 11) is -3.81. The zero-order chi connectivity index (χ0) is 14.3. The summed E-state index contributed by atoms with van der Waals surface area (Å²) in [5.41, 5.74) is 4.49. The van der Waals surface area contributed by atoms with Crippen LogP contribution in [-0.4, -0.2) is 36.8 Å². The second-order valence-corrected chi connectivity index (χ2v) is 6.23. The Kier molecular flexibility index (Phi) is 3.54. The van der Waals surface area contributed by atoms with Crippen LogP contribution in [0.1, 0.15) is 12.1 Å². The standard InChI is InChI=1S/C10H12F3N3O2S/c11-10(12,13)9-2-1-8(5-15-9)19(17,18)16-4-3-7(14)6-16/h1-2,5,7H,3-4,6,14H2/t7-/m1/s1. The number of nitrogens with zero attached hydrogens (tertiary/aromatic N) is 2. The van der Waals surface area contributed by atoms with Gasteiger partial charge in [0.15, 0.2) is 0 Å². The zero-order valence-corrected chi connectivity index (χ0v) is 10.6. The molecule has 1 aromatic rings. The Hall–Kier alpha value is -1.19. The van der Waals surface area contributed by atoms with Crippen LogP contribution in [0.2, 0.25) is 0 Å². The van der Waals surface area contributed by atoms with Crippen molar-refractivity contribution < 1.29 is 21.6 Å². The van der Waals surface area contributed by atoms with E-state index in [9.17, 15) is 21.6 Å². The number of alkyl halides is 3. The average molecular weight is 295 g/mol. The first-order chi connectivity index (χ1) is 8.71. The number of rotatable bonds is 2. The Morgan fingerprint density at radius 1 is 1.37 bits per heavy atom. The molecule has 1 aliphatic heterocycles. The topological polar surface area (TPSA) is 76.3 Å². The zero-order valence-electron chi connectivity index (χ0n) is 9.76. The molecule has 1 aromatic heterocycles. The van der Waals surface area contributed by atoms with Crippen molar-refractivity contribution in [3.05, 3.63) is 24.0 Å². The molecule has 0 amide bonds. The molecule has 0 radical (unpaired) electrons. The summed E-state index contributed by atoms with van der Waals surface area (Å²) in [4.78, 5) is 2.89. The molecule has 0 aliphatic carbocycles. The van der Waals surface area contributed by atoms with Crippen LogP contribution in [0.25, 0.3) is 0 Å². The monoisotopic (exact) mass is 295 g/mol. The summed E-state index contributed by atoms with van der Waals surface area (Å²) >= 11 is 0. The number of hydrogen-bond acceptors (Lipinski definition) is 4. The van der Waals surface area contributed by atoms with Crippen molar-refractivity contribution in [1.82, 2.24) is 9.29 Å². The molecule has 0 bridgehead atoms. The van der Waals surface area contributed by atoms with Crippen LogP contribution in [0, 0.1) is 0 Å². The van der Waals surface area contributed by atoms with E-state index in [1.807, 2.05) is 0 Å². The van der Waals surface area contributed by atoms with Gasteiger partial charge in [-0.05, 0) is 18.6 Å². The average Bonchev–Trinajstić information content (AvgIpc) is 2.76. The van der Waals surface area contributed by atoms with Gasteiger partial charge in [0, 0.05) is 25.3 Å². The van der Waals surface area contributed by atoms with Crippen LogP contribution in [0.4, 0.5) is 13.2 Å². The molecule has 2 heterocycles. The third-order valence-corrected chi connectivity index (χ3v) is 4.70. The molecule has 2 rings (SSSR count). The molecule has 9 heteroatoms. The van der Waals surface area contributed by atoms with Crippen molar-refractivity contribution in [3.8, 4) is 0 Å². The van der Waals surface area contributed by atoms with Gasteiger partial charge in [0.05, 0.1) is 0 Å². The second kappa shape index (κ2) is 4.73. The van der Waals surface area contributed by atoms with Crippen LogP contribution >= 0.6 is 0 Å². The lowest BCUT2D eigenvalue weighted by Gasteiger charge is -2.16. The Morgan fingerprint density at radius 2 is 2.05 bits per heavy atom. The van der Waals surface area contributed by atoms with E-state index in [-0.39, 0.29) is 24.0 Å². The molecule has 5 nitrogen and oxygen atoms in total. The van der Waals surface area contributed by atoms with Crippen molar-refractivity contribution >= 4 is 10.0 Å². The molecule has 0 saturated carbocycles. The van der Waals surface area contributed by atoms with E-state index in [0.717, 1.165) is 16.6 Å². The number of nitrogens with two attached hydrogens (primary N) is 1. The van der Waals surface area contributed by atoms with Gasteiger partial charge >= 0.3 is 6.18 Å². The lowest BCUT2D eigenvalue weighted by molar-refractivity contribution is -0.141. The Balaban J connectivity index is 2.27. The van der Waals surface area contributed by atoms with Crippen LogP contribution in [0.3, 0.4) is 0 Å². The molecule has 0 aromatic carbocycles. The maximum atomic E-state index is 12.3. The molecule has 19 heavy (non-hydrogen) atoms. The van der Waals surface area contributed by atoms with Gasteiger partial charge in [-0.15, -0.1) is 0 Å². The minimum absolute atomic E-state index is 0.170. The minimum Gasteiger partial charge on any atom is -0.326 e. The Bertz CT molecular complexity index is 556. The quantitative estimate of drug-likeness (QED) is 0.876. The molecule has 1 atom stereocenters. The highest BCUT2D eigenvalue weighted by molar-refractivity contribution is 7.89. The van der Waals surface area contributed by atoms with E-state index in [2.05, 4.69) is 4.98 Å². The van der Waals surface area contributed by atoms with Crippen molar-refractivity contribution in [2.75, 3.05) is 13.1 Å². The third-order valence-electron chi connectivity index (χ3n) is 2.85. The normalized spacial score (nSPS) is 21.8. The van der Waals surface area contributed by atoms with Crippen LogP contribution < -0.4 is 5.73 Å². The first kappa shape index (κ1) is 14.2. The first-order valence-electron chi connectivity index (χ1n) is 5.50. The van der Waals surface area contributed by atoms with Crippen molar-refractivity contribution in [3.63, 3.8) is 0 Å². The third kappa shape index (κ3) is 2.88. The van der Waals surface area contributed by atoms with Gasteiger partial charge in [0.1, 0.15) is 10.6 Å².